The van der Waals surface area contributed by atoms with Crippen LogP contribution in [0.4, 0.5) is 5.69 Å². The molecular weight excluding hydrogens is 250 g/mol. The van der Waals surface area contributed by atoms with Crippen molar-refractivity contribution < 1.29 is 0 Å². The average Bonchev–Trinajstić information content (AvgIpc) is 2.79. The largest absolute Gasteiger partial charge is 0.399 e. The summed E-state index contributed by atoms with van der Waals surface area (Å²) in [7, 11) is 0. The minimum Gasteiger partial charge on any atom is -0.399 e. The predicted molar refractivity (Wildman–Crippen MR) is 81.0 cm³/mol. The molecular formula is C15H23N5. The van der Waals surface area contributed by atoms with Gasteiger partial charge in [0.15, 0.2) is 5.82 Å². The Morgan fingerprint density at radius 1 is 1.30 bits per heavy atom. The number of anilines is 1. The molecule has 2 aromatic rings. The van der Waals surface area contributed by atoms with E-state index in [1.807, 2.05) is 29.8 Å². The number of nitrogens with two attached hydrogens (primary N) is 1. The van der Waals surface area contributed by atoms with Gasteiger partial charge in [0, 0.05) is 11.3 Å². The summed E-state index contributed by atoms with van der Waals surface area (Å²) in [4.78, 5) is 0. The molecule has 0 radical (unpaired) electrons. The van der Waals surface area contributed by atoms with Gasteiger partial charge in [0.2, 0.25) is 0 Å². The molecule has 0 unspecified atom stereocenters. The van der Waals surface area contributed by atoms with Crippen LogP contribution in [0.3, 0.4) is 0 Å². The highest BCUT2D eigenvalue weighted by molar-refractivity contribution is 5.65. The summed E-state index contributed by atoms with van der Waals surface area (Å²) in [5, 5.41) is 12.2. The first kappa shape index (κ1) is 14.5. The number of nitrogens with zero attached hydrogens (tertiary/aromatic N) is 4. The normalized spacial score (nSPS) is 12.1. The van der Waals surface area contributed by atoms with E-state index in [2.05, 4.69) is 43.2 Å². The molecule has 2 rings (SSSR count). The Balaban J connectivity index is 2.41. The van der Waals surface area contributed by atoms with Gasteiger partial charge in [-0.05, 0) is 46.4 Å². The maximum Gasteiger partial charge on any atom is 0.182 e. The lowest BCUT2D eigenvalue weighted by molar-refractivity contribution is 0.200. The highest BCUT2D eigenvalue weighted by atomic mass is 15.5. The number of hydrogen-bond donors (Lipinski definition) is 1. The van der Waals surface area contributed by atoms with E-state index in [-0.39, 0.29) is 5.41 Å². The molecule has 0 aliphatic carbocycles. The van der Waals surface area contributed by atoms with E-state index in [1.165, 1.54) is 0 Å². The summed E-state index contributed by atoms with van der Waals surface area (Å²) in [5.41, 5.74) is 8.85. The van der Waals surface area contributed by atoms with Crippen LogP contribution in [-0.2, 0) is 6.54 Å². The monoisotopic (exact) mass is 273 g/mol. The van der Waals surface area contributed by atoms with Crippen molar-refractivity contribution >= 4 is 5.69 Å². The van der Waals surface area contributed by atoms with E-state index >= 15 is 0 Å². The van der Waals surface area contributed by atoms with E-state index in [1.54, 1.807) is 0 Å². The fourth-order valence-corrected chi connectivity index (χ4v) is 1.95. The number of rotatable bonds is 4. The van der Waals surface area contributed by atoms with Crippen LogP contribution in [0.2, 0.25) is 0 Å². The number of aryl methyl sites for hydroxylation is 1. The molecule has 0 amide bonds. The van der Waals surface area contributed by atoms with Crippen molar-refractivity contribution in [3.05, 3.63) is 23.8 Å². The van der Waals surface area contributed by atoms with Gasteiger partial charge in [-0.2, -0.15) is 0 Å². The van der Waals surface area contributed by atoms with Gasteiger partial charge in [0.25, 0.3) is 0 Å². The van der Waals surface area contributed by atoms with Gasteiger partial charge >= 0.3 is 0 Å². The van der Waals surface area contributed by atoms with Crippen LogP contribution in [0, 0.1) is 18.3 Å². The SMILES string of the molecule is Cc1ccc(N)cc1-c1nnnn1CC(C)(C)C(C)C. The molecule has 1 aromatic carbocycles. The van der Waals surface area contributed by atoms with Crippen LogP contribution in [0.1, 0.15) is 33.3 Å². The summed E-state index contributed by atoms with van der Waals surface area (Å²) in [6.07, 6.45) is 0. The van der Waals surface area contributed by atoms with Crippen molar-refractivity contribution in [2.75, 3.05) is 5.73 Å². The first-order chi connectivity index (χ1) is 9.31. The molecule has 108 valence electrons. The van der Waals surface area contributed by atoms with Gasteiger partial charge in [-0.1, -0.05) is 33.8 Å². The third kappa shape index (κ3) is 2.81. The van der Waals surface area contributed by atoms with E-state index < -0.39 is 0 Å². The van der Waals surface area contributed by atoms with Crippen LogP contribution in [-0.4, -0.2) is 20.2 Å². The van der Waals surface area contributed by atoms with Crippen molar-refractivity contribution in [1.29, 1.82) is 0 Å². The first-order valence-corrected chi connectivity index (χ1v) is 6.94. The molecule has 1 heterocycles. The molecule has 2 N–H and O–H groups in total. The second-order valence-electron chi connectivity index (χ2n) is 6.38. The van der Waals surface area contributed by atoms with Gasteiger partial charge in [-0.3, -0.25) is 0 Å². The third-order valence-electron chi connectivity index (χ3n) is 4.15. The fraction of sp³-hybridized carbons (Fsp3) is 0.533. The molecule has 0 saturated carbocycles. The lowest BCUT2D eigenvalue weighted by atomic mass is 9.81. The Morgan fingerprint density at radius 2 is 2.00 bits per heavy atom. The van der Waals surface area contributed by atoms with Crippen LogP contribution in [0.15, 0.2) is 18.2 Å². The van der Waals surface area contributed by atoms with Crippen LogP contribution >= 0.6 is 0 Å². The molecule has 0 spiro atoms. The molecule has 0 fully saturated rings. The van der Waals surface area contributed by atoms with Gasteiger partial charge in [0.1, 0.15) is 0 Å². The summed E-state index contributed by atoms with van der Waals surface area (Å²) >= 11 is 0. The van der Waals surface area contributed by atoms with Crippen molar-refractivity contribution in [1.82, 2.24) is 20.2 Å². The number of nitrogen functional groups attached to an aromatic ring is 1. The van der Waals surface area contributed by atoms with E-state index in [4.69, 9.17) is 5.73 Å². The maximum absolute atomic E-state index is 5.88. The molecule has 5 heteroatoms. The standard InChI is InChI=1S/C15H23N5/c1-10(2)15(4,5)9-20-14(17-18-19-20)13-8-12(16)7-6-11(13)3/h6-8,10H,9,16H2,1-5H3. The van der Waals surface area contributed by atoms with Crippen LogP contribution in [0.25, 0.3) is 11.4 Å². The quantitative estimate of drug-likeness (QED) is 0.870. The molecule has 20 heavy (non-hydrogen) atoms. The van der Waals surface area contributed by atoms with Gasteiger partial charge in [-0.25, -0.2) is 4.68 Å². The van der Waals surface area contributed by atoms with E-state index in [0.29, 0.717) is 5.92 Å². The zero-order valence-corrected chi connectivity index (χ0v) is 12.9. The summed E-state index contributed by atoms with van der Waals surface area (Å²) in [6.45, 7) is 11.7. The number of hydrogen-bond acceptors (Lipinski definition) is 4. The molecule has 0 atom stereocenters. The zero-order valence-electron chi connectivity index (χ0n) is 12.9. The summed E-state index contributed by atoms with van der Waals surface area (Å²) < 4.78 is 1.88. The maximum atomic E-state index is 5.88. The first-order valence-electron chi connectivity index (χ1n) is 6.94. The van der Waals surface area contributed by atoms with Gasteiger partial charge < -0.3 is 5.73 Å². The Kier molecular flexibility index (Phi) is 3.79. The van der Waals surface area contributed by atoms with Gasteiger partial charge in [0.05, 0.1) is 6.54 Å². The van der Waals surface area contributed by atoms with Crippen molar-refractivity contribution in [3.63, 3.8) is 0 Å². The molecule has 1 aromatic heterocycles. The predicted octanol–water partition coefficient (Wildman–Crippen LogP) is 2.91. The lowest BCUT2D eigenvalue weighted by Gasteiger charge is -2.29. The number of tetrazole rings is 1. The van der Waals surface area contributed by atoms with Crippen LogP contribution < -0.4 is 5.73 Å². The van der Waals surface area contributed by atoms with Crippen LogP contribution in [0.5, 0.6) is 0 Å². The fourth-order valence-electron chi connectivity index (χ4n) is 1.95. The number of aromatic nitrogens is 4. The van der Waals surface area contributed by atoms with Crippen molar-refractivity contribution in [2.24, 2.45) is 11.3 Å². The van der Waals surface area contributed by atoms with Gasteiger partial charge in [-0.15, -0.1) is 5.10 Å². The van der Waals surface area contributed by atoms with Crippen molar-refractivity contribution in [2.45, 2.75) is 41.2 Å². The minimum atomic E-state index is 0.123. The minimum absolute atomic E-state index is 0.123. The highest BCUT2D eigenvalue weighted by Crippen LogP contribution is 2.30. The molecule has 5 nitrogen and oxygen atoms in total. The second-order valence-corrected chi connectivity index (χ2v) is 6.38. The second kappa shape index (κ2) is 5.23. The topological polar surface area (TPSA) is 69.6 Å². The molecule has 0 aliphatic heterocycles. The Morgan fingerprint density at radius 3 is 2.65 bits per heavy atom. The molecule has 0 aliphatic rings. The summed E-state index contributed by atoms with van der Waals surface area (Å²) in [6, 6.07) is 5.82. The Labute approximate surface area is 120 Å². The number of benzene rings is 1. The molecule has 0 saturated heterocycles. The smallest absolute Gasteiger partial charge is 0.182 e. The molecule has 0 bridgehead atoms. The Hall–Kier alpha value is -1.91. The Bertz CT molecular complexity index is 598. The average molecular weight is 273 g/mol. The zero-order chi connectivity index (χ0) is 14.9. The summed E-state index contributed by atoms with van der Waals surface area (Å²) in [5.74, 6) is 1.32. The third-order valence-corrected chi connectivity index (χ3v) is 4.15. The lowest BCUT2D eigenvalue weighted by Crippen LogP contribution is -2.26. The highest BCUT2D eigenvalue weighted by Gasteiger charge is 2.25. The van der Waals surface area contributed by atoms with E-state index in [9.17, 15) is 0 Å². The van der Waals surface area contributed by atoms with E-state index in [0.717, 1.165) is 29.2 Å². The van der Waals surface area contributed by atoms with Crippen molar-refractivity contribution in [3.8, 4) is 11.4 Å².